The van der Waals surface area contributed by atoms with E-state index in [4.69, 9.17) is 28.3 Å². The molecule has 0 aliphatic rings. The number of hydrogen-bond donors (Lipinski definition) is 1. The van der Waals surface area contributed by atoms with Crippen LogP contribution in [0.2, 0.25) is 10.0 Å². The van der Waals surface area contributed by atoms with Crippen LogP contribution in [0.15, 0.2) is 6.07 Å². The lowest BCUT2D eigenvalue weighted by atomic mass is 10.1. The largest absolute Gasteiger partial charge is 0.389 e. The molecule has 72 valence electrons. The molecule has 0 aliphatic carbocycles. The minimum atomic E-state index is -1.11. The molecule has 13 heavy (non-hydrogen) atoms. The average molecular weight is 227 g/mol. The number of halogens is 4. The van der Waals surface area contributed by atoms with Gasteiger partial charge >= 0.3 is 0 Å². The van der Waals surface area contributed by atoms with Crippen LogP contribution >= 0.6 is 23.2 Å². The van der Waals surface area contributed by atoms with E-state index in [-0.39, 0.29) is 15.6 Å². The Morgan fingerprint density at radius 2 is 1.62 bits per heavy atom. The van der Waals surface area contributed by atoms with Crippen molar-refractivity contribution in [3.63, 3.8) is 0 Å². The Balaban J connectivity index is 3.46. The topological polar surface area (TPSA) is 20.2 Å². The van der Waals surface area contributed by atoms with Crippen LogP contribution in [0, 0.1) is 11.6 Å². The van der Waals surface area contributed by atoms with E-state index in [1.54, 1.807) is 0 Å². The molecular weight excluding hydrogens is 221 g/mol. The Morgan fingerprint density at radius 3 is 1.92 bits per heavy atom. The van der Waals surface area contributed by atoms with Crippen LogP contribution in [0.1, 0.15) is 18.6 Å². The zero-order chi connectivity index (χ0) is 10.2. The van der Waals surface area contributed by atoms with Crippen LogP contribution < -0.4 is 0 Å². The molecule has 0 amide bonds. The number of aliphatic hydroxyl groups excluding tert-OH is 1. The van der Waals surface area contributed by atoms with E-state index in [1.807, 2.05) is 0 Å². The molecule has 5 heteroatoms. The predicted octanol–water partition coefficient (Wildman–Crippen LogP) is 3.32. The molecule has 1 rings (SSSR count). The van der Waals surface area contributed by atoms with Crippen LogP contribution in [0.25, 0.3) is 0 Å². The van der Waals surface area contributed by atoms with Crippen molar-refractivity contribution in [3.05, 3.63) is 33.3 Å². The summed E-state index contributed by atoms with van der Waals surface area (Å²) < 4.78 is 25.7. The van der Waals surface area contributed by atoms with Crippen molar-refractivity contribution in [3.8, 4) is 0 Å². The third kappa shape index (κ3) is 1.93. The van der Waals surface area contributed by atoms with Gasteiger partial charge in [0.25, 0.3) is 0 Å². The quantitative estimate of drug-likeness (QED) is 0.729. The van der Waals surface area contributed by atoms with Crippen molar-refractivity contribution in [2.45, 2.75) is 13.0 Å². The third-order valence-electron chi connectivity index (χ3n) is 1.56. The van der Waals surface area contributed by atoms with E-state index in [0.717, 1.165) is 0 Å². The van der Waals surface area contributed by atoms with Crippen LogP contribution in [0.5, 0.6) is 0 Å². The fourth-order valence-electron chi connectivity index (χ4n) is 0.958. The highest BCUT2D eigenvalue weighted by Crippen LogP contribution is 2.34. The predicted molar refractivity (Wildman–Crippen MR) is 47.0 cm³/mol. The van der Waals surface area contributed by atoms with E-state index in [0.29, 0.717) is 6.07 Å². The first-order chi connectivity index (χ1) is 5.95. The highest BCUT2D eigenvalue weighted by molar-refractivity contribution is 6.36. The summed E-state index contributed by atoms with van der Waals surface area (Å²) in [5.74, 6) is -1.86. The van der Waals surface area contributed by atoms with Crippen molar-refractivity contribution in [1.82, 2.24) is 0 Å². The van der Waals surface area contributed by atoms with Crippen LogP contribution in [0.3, 0.4) is 0 Å². The first-order valence-electron chi connectivity index (χ1n) is 3.46. The summed E-state index contributed by atoms with van der Waals surface area (Å²) in [7, 11) is 0. The summed E-state index contributed by atoms with van der Waals surface area (Å²) in [6.45, 7) is 1.33. The zero-order valence-electron chi connectivity index (χ0n) is 6.61. The number of rotatable bonds is 1. The van der Waals surface area contributed by atoms with Crippen LogP contribution in [0.4, 0.5) is 8.78 Å². The molecule has 1 N–H and O–H groups in total. The van der Waals surface area contributed by atoms with Crippen molar-refractivity contribution >= 4 is 23.2 Å². The van der Waals surface area contributed by atoms with Gasteiger partial charge in [0.05, 0.1) is 16.1 Å². The lowest BCUT2D eigenvalue weighted by Gasteiger charge is -2.10. The van der Waals surface area contributed by atoms with E-state index in [9.17, 15) is 8.78 Å². The molecule has 0 spiro atoms. The molecule has 1 nitrogen and oxygen atoms in total. The lowest BCUT2D eigenvalue weighted by molar-refractivity contribution is 0.198. The smallest absolute Gasteiger partial charge is 0.145 e. The van der Waals surface area contributed by atoms with Gasteiger partial charge in [0, 0.05) is 11.6 Å². The summed E-state index contributed by atoms with van der Waals surface area (Å²) in [6.07, 6.45) is -1.11. The van der Waals surface area contributed by atoms with Gasteiger partial charge in [0.1, 0.15) is 11.6 Å². The molecule has 1 unspecified atom stereocenters. The fraction of sp³-hybridized carbons (Fsp3) is 0.250. The van der Waals surface area contributed by atoms with E-state index in [2.05, 4.69) is 0 Å². The summed E-state index contributed by atoms with van der Waals surface area (Å²) >= 11 is 11.0. The second-order valence-electron chi connectivity index (χ2n) is 2.56. The number of hydrogen-bond acceptors (Lipinski definition) is 1. The standard InChI is InChI=1S/C8H6Cl2F2O/c1-3(13)6-7(9)4(11)2-5(12)8(6)10/h2-3,13H,1H3. The van der Waals surface area contributed by atoms with Gasteiger partial charge in [-0.1, -0.05) is 23.2 Å². The first-order valence-corrected chi connectivity index (χ1v) is 4.21. The van der Waals surface area contributed by atoms with Gasteiger partial charge in [-0.05, 0) is 6.92 Å². The number of aliphatic hydroxyl groups is 1. The molecule has 0 fully saturated rings. The Morgan fingerprint density at radius 1 is 1.23 bits per heavy atom. The molecule has 1 aromatic rings. The molecule has 0 saturated carbocycles. The van der Waals surface area contributed by atoms with Gasteiger partial charge in [-0.15, -0.1) is 0 Å². The molecule has 0 saturated heterocycles. The van der Waals surface area contributed by atoms with E-state index < -0.39 is 17.7 Å². The molecule has 0 aliphatic heterocycles. The molecule has 0 bridgehead atoms. The highest BCUT2D eigenvalue weighted by atomic mass is 35.5. The minimum absolute atomic E-state index is 0.124. The maximum absolute atomic E-state index is 12.8. The van der Waals surface area contributed by atoms with Gasteiger partial charge in [0.15, 0.2) is 0 Å². The van der Waals surface area contributed by atoms with Crippen LogP contribution in [-0.2, 0) is 0 Å². The van der Waals surface area contributed by atoms with E-state index in [1.165, 1.54) is 6.92 Å². The lowest BCUT2D eigenvalue weighted by Crippen LogP contribution is -1.98. The van der Waals surface area contributed by atoms with Crippen molar-refractivity contribution in [1.29, 1.82) is 0 Å². The normalized spacial score (nSPS) is 13.1. The maximum atomic E-state index is 12.8. The Hall–Kier alpha value is -0.380. The molecule has 1 atom stereocenters. The zero-order valence-corrected chi connectivity index (χ0v) is 8.13. The van der Waals surface area contributed by atoms with Crippen LogP contribution in [-0.4, -0.2) is 5.11 Å². The number of benzene rings is 1. The minimum Gasteiger partial charge on any atom is -0.389 e. The first kappa shape index (κ1) is 10.7. The molecule has 0 aromatic heterocycles. The Kier molecular flexibility index (Phi) is 3.11. The summed E-state index contributed by atoms with van der Waals surface area (Å²) in [5.41, 5.74) is -0.124. The average Bonchev–Trinajstić information content (AvgIpc) is 2.01. The second-order valence-corrected chi connectivity index (χ2v) is 3.31. The maximum Gasteiger partial charge on any atom is 0.145 e. The summed E-state index contributed by atoms with van der Waals surface area (Å²) in [6, 6.07) is 0.580. The Bertz CT molecular complexity index is 313. The molecule has 1 aromatic carbocycles. The van der Waals surface area contributed by atoms with Gasteiger partial charge in [-0.25, -0.2) is 8.78 Å². The second kappa shape index (κ2) is 3.78. The fourth-order valence-corrected chi connectivity index (χ4v) is 1.62. The highest BCUT2D eigenvalue weighted by Gasteiger charge is 2.18. The summed E-state index contributed by atoms with van der Waals surface area (Å²) in [5, 5.41) is 8.44. The Labute approximate surface area is 83.9 Å². The van der Waals surface area contributed by atoms with Gasteiger partial charge in [0.2, 0.25) is 0 Å². The molecular formula is C8H6Cl2F2O. The summed E-state index contributed by atoms with van der Waals surface area (Å²) in [4.78, 5) is 0. The monoisotopic (exact) mass is 226 g/mol. The molecule has 0 heterocycles. The van der Waals surface area contributed by atoms with Crippen molar-refractivity contribution < 1.29 is 13.9 Å². The SMILES string of the molecule is CC(O)c1c(Cl)c(F)cc(F)c1Cl. The van der Waals surface area contributed by atoms with E-state index >= 15 is 0 Å². The van der Waals surface area contributed by atoms with Crippen molar-refractivity contribution in [2.24, 2.45) is 0 Å². The van der Waals surface area contributed by atoms with Gasteiger partial charge < -0.3 is 5.11 Å². The van der Waals surface area contributed by atoms with Gasteiger partial charge in [-0.3, -0.25) is 0 Å². The van der Waals surface area contributed by atoms with Gasteiger partial charge in [-0.2, -0.15) is 0 Å². The van der Waals surface area contributed by atoms with Crippen molar-refractivity contribution in [2.75, 3.05) is 0 Å². The molecule has 0 radical (unpaired) electrons. The third-order valence-corrected chi connectivity index (χ3v) is 2.33.